The number of carboxylic acids is 1. The van der Waals surface area contributed by atoms with E-state index in [4.69, 9.17) is 5.11 Å². The van der Waals surface area contributed by atoms with Crippen LogP contribution in [0, 0.1) is 0 Å². The number of aromatic carboxylic acids is 1. The summed E-state index contributed by atoms with van der Waals surface area (Å²) in [6.45, 7) is -0.120. The Morgan fingerprint density at radius 2 is 1.38 bits per heavy atom. The molecule has 0 aliphatic heterocycles. The number of hydrogen-bond donors (Lipinski definition) is 3. The number of rotatable bonds is 6. The highest BCUT2D eigenvalue weighted by atomic mass is 16.4. The van der Waals surface area contributed by atoms with E-state index in [1.54, 1.807) is 24.3 Å². The van der Waals surface area contributed by atoms with Crippen molar-refractivity contribution in [2.24, 2.45) is 0 Å². The molecule has 3 N–H and O–H groups in total. The van der Waals surface area contributed by atoms with Crippen LogP contribution in [-0.4, -0.2) is 21.3 Å². The number of hydrogen-bond acceptors (Lipinski definition) is 3. The summed E-state index contributed by atoms with van der Waals surface area (Å²) in [6.07, 6.45) is 1.44. The third-order valence-corrected chi connectivity index (χ3v) is 3.35. The summed E-state index contributed by atoms with van der Waals surface area (Å²) >= 11 is 0. The second-order valence-electron chi connectivity index (χ2n) is 4.98. The molecule has 0 saturated carbocycles. The number of carbonyl (C=O) groups is 1. The highest BCUT2D eigenvalue weighted by Crippen LogP contribution is 2.14. The van der Waals surface area contributed by atoms with Crippen LogP contribution < -0.4 is 0 Å². The summed E-state index contributed by atoms with van der Waals surface area (Å²) in [5.74, 6) is -0.929. The highest BCUT2D eigenvalue weighted by Gasteiger charge is 2.05. The van der Waals surface area contributed by atoms with Gasteiger partial charge in [-0.2, -0.15) is 0 Å². The molecule has 0 aliphatic rings. The van der Waals surface area contributed by atoms with Gasteiger partial charge in [0.1, 0.15) is 0 Å². The van der Waals surface area contributed by atoms with Gasteiger partial charge in [-0.25, -0.2) is 4.79 Å². The van der Waals surface area contributed by atoms with E-state index in [-0.39, 0.29) is 18.8 Å². The van der Waals surface area contributed by atoms with E-state index < -0.39 is 5.97 Å². The van der Waals surface area contributed by atoms with Crippen LogP contribution in [0.25, 0.3) is 0 Å². The molecule has 4 nitrogen and oxygen atoms in total. The zero-order valence-electron chi connectivity index (χ0n) is 11.6. The molecule has 0 unspecified atom stereocenters. The van der Waals surface area contributed by atoms with Crippen molar-refractivity contribution in [3.05, 3.63) is 70.3 Å². The van der Waals surface area contributed by atoms with Crippen molar-refractivity contribution in [2.75, 3.05) is 0 Å². The summed E-state index contributed by atoms with van der Waals surface area (Å²) in [4.78, 5) is 10.9. The maximum absolute atomic E-state index is 10.9. The van der Waals surface area contributed by atoms with Crippen molar-refractivity contribution >= 4 is 5.97 Å². The molecule has 21 heavy (non-hydrogen) atoms. The van der Waals surface area contributed by atoms with Gasteiger partial charge in [0.2, 0.25) is 0 Å². The average molecular weight is 286 g/mol. The van der Waals surface area contributed by atoms with Crippen LogP contribution in [-0.2, 0) is 26.1 Å². The predicted octanol–water partition coefficient (Wildman–Crippen LogP) is 2.15. The van der Waals surface area contributed by atoms with Gasteiger partial charge in [-0.3, -0.25) is 0 Å². The van der Waals surface area contributed by atoms with E-state index in [1.807, 2.05) is 18.2 Å². The number of aliphatic hydroxyl groups is 2. The maximum Gasteiger partial charge on any atom is 0.335 e. The molecule has 4 heteroatoms. The standard InChI is InChI=1S/C17H18O4/c18-10-14-6-13(7-15(8-14)11-19)5-4-12-2-1-3-16(9-12)17(20)21/h1-3,6-9,18-19H,4-5,10-11H2,(H,20,21). The van der Waals surface area contributed by atoms with Crippen LogP contribution in [0.3, 0.4) is 0 Å². The molecule has 0 fully saturated rings. The average Bonchev–Trinajstić information content (AvgIpc) is 2.52. The Morgan fingerprint density at radius 3 is 1.95 bits per heavy atom. The molecule has 2 rings (SSSR count). The number of benzene rings is 2. The molecule has 0 spiro atoms. The third-order valence-electron chi connectivity index (χ3n) is 3.35. The van der Waals surface area contributed by atoms with Gasteiger partial charge < -0.3 is 15.3 Å². The van der Waals surface area contributed by atoms with Gasteiger partial charge in [0, 0.05) is 0 Å². The molecule has 0 amide bonds. The van der Waals surface area contributed by atoms with E-state index in [0.29, 0.717) is 6.42 Å². The van der Waals surface area contributed by atoms with Gasteiger partial charge >= 0.3 is 5.97 Å². The molecule has 2 aromatic carbocycles. The Bertz CT molecular complexity index is 612. The lowest BCUT2D eigenvalue weighted by Crippen LogP contribution is -1.99. The van der Waals surface area contributed by atoms with Crippen molar-refractivity contribution in [3.8, 4) is 0 Å². The smallest absolute Gasteiger partial charge is 0.335 e. The van der Waals surface area contributed by atoms with Gasteiger partial charge in [-0.15, -0.1) is 0 Å². The van der Waals surface area contributed by atoms with Crippen LogP contribution in [0.5, 0.6) is 0 Å². The normalized spacial score (nSPS) is 10.6. The fourth-order valence-corrected chi connectivity index (χ4v) is 2.31. The third kappa shape index (κ3) is 4.15. The topological polar surface area (TPSA) is 77.8 Å². The quantitative estimate of drug-likeness (QED) is 0.760. The molecule has 0 aromatic heterocycles. The van der Waals surface area contributed by atoms with Crippen LogP contribution >= 0.6 is 0 Å². The Balaban J connectivity index is 2.12. The molecular weight excluding hydrogens is 268 g/mol. The minimum Gasteiger partial charge on any atom is -0.478 e. The van der Waals surface area contributed by atoms with Crippen molar-refractivity contribution in [1.29, 1.82) is 0 Å². The van der Waals surface area contributed by atoms with Crippen LogP contribution in [0.15, 0.2) is 42.5 Å². The first-order valence-electron chi connectivity index (χ1n) is 6.78. The van der Waals surface area contributed by atoms with Crippen molar-refractivity contribution < 1.29 is 20.1 Å². The Hall–Kier alpha value is -2.17. The van der Waals surface area contributed by atoms with Gasteiger partial charge in [0.15, 0.2) is 0 Å². The summed E-state index contributed by atoms with van der Waals surface area (Å²) < 4.78 is 0. The molecular formula is C17H18O4. The summed E-state index contributed by atoms with van der Waals surface area (Å²) in [5, 5.41) is 27.4. The Morgan fingerprint density at radius 1 is 0.810 bits per heavy atom. The fourth-order valence-electron chi connectivity index (χ4n) is 2.31. The summed E-state index contributed by atoms with van der Waals surface area (Å²) in [7, 11) is 0. The minimum absolute atomic E-state index is 0.0602. The van der Waals surface area contributed by atoms with Crippen molar-refractivity contribution in [3.63, 3.8) is 0 Å². The van der Waals surface area contributed by atoms with E-state index in [0.717, 1.165) is 28.7 Å². The van der Waals surface area contributed by atoms with E-state index in [1.165, 1.54) is 0 Å². The first kappa shape index (κ1) is 15.2. The van der Waals surface area contributed by atoms with Gasteiger partial charge in [0.25, 0.3) is 0 Å². The molecule has 110 valence electrons. The molecule has 0 bridgehead atoms. The van der Waals surface area contributed by atoms with Gasteiger partial charge in [-0.1, -0.05) is 30.3 Å². The van der Waals surface area contributed by atoms with E-state index in [2.05, 4.69) is 0 Å². The van der Waals surface area contributed by atoms with Crippen LogP contribution in [0.4, 0.5) is 0 Å². The SMILES string of the molecule is O=C(O)c1cccc(CCc2cc(CO)cc(CO)c2)c1. The first-order valence-corrected chi connectivity index (χ1v) is 6.78. The summed E-state index contributed by atoms with van der Waals surface area (Å²) in [5.41, 5.74) is 3.81. The number of aliphatic hydroxyl groups excluding tert-OH is 2. The maximum atomic E-state index is 10.9. The van der Waals surface area contributed by atoms with Crippen LogP contribution in [0.1, 0.15) is 32.6 Å². The summed E-state index contributed by atoms with van der Waals surface area (Å²) in [6, 6.07) is 12.5. The highest BCUT2D eigenvalue weighted by molar-refractivity contribution is 5.87. The van der Waals surface area contributed by atoms with Gasteiger partial charge in [-0.05, 0) is 47.2 Å². The van der Waals surface area contributed by atoms with Crippen molar-refractivity contribution in [2.45, 2.75) is 26.1 Å². The minimum atomic E-state index is -0.929. The number of aryl methyl sites for hydroxylation is 2. The second-order valence-corrected chi connectivity index (χ2v) is 4.98. The molecule has 0 atom stereocenters. The largest absolute Gasteiger partial charge is 0.478 e. The lowest BCUT2D eigenvalue weighted by Gasteiger charge is -2.08. The lowest BCUT2D eigenvalue weighted by molar-refractivity contribution is 0.0696. The lowest BCUT2D eigenvalue weighted by atomic mass is 9.99. The number of carboxylic acid groups (broad SMARTS) is 1. The molecule has 0 heterocycles. The molecule has 2 aromatic rings. The molecule has 0 saturated heterocycles. The second kappa shape index (κ2) is 7.02. The van der Waals surface area contributed by atoms with E-state index in [9.17, 15) is 15.0 Å². The van der Waals surface area contributed by atoms with Gasteiger partial charge in [0.05, 0.1) is 18.8 Å². The first-order chi connectivity index (χ1) is 10.1. The molecule has 0 radical (unpaired) electrons. The zero-order valence-corrected chi connectivity index (χ0v) is 11.6. The van der Waals surface area contributed by atoms with Crippen molar-refractivity contribution in [1.82, 2.24) is 0 Å². The Kier molecular flexibility index (Phi) is 5.09. The monoisotopic (exact) mass is 286 g/mol. The van der Waals surface area contributed by atoms with Crippen LogP contribution in [0.2, 0.25) is 0 Å². The Labute approximate surface area is 123 Å². The fraction of sp³-hybridized carbons (Fsp3) is 0.235. The zero-order chi connectivity index (χ0) is 15.2. The van der Waals surface area contributed by atoms with E-state index >= 15 is 0 Å². The predicted molar refractivity (Wildman–Crippen MR) is 79.1 cm³/mol. The molecule has 0 aliphatic carbocycles.